The molecule has 24 heavy (non-hydrogen) atoms. The number of nitrogens with one attached hydrogen (secondary N) is 2. The molecule has 0 unspecified atom stereocenters. The van der Waals surface area contributed by atoms with Gasteiger partial charge in [0.15, 0.2) is 5.69 Å². The first-order valence-corrected chi connectivity index (χ1v) is 8.09. The summed E-state index contributed by atoms with van der Waals surface area (Å²) < 4.78 is 5.20. The van der Waals surface area contributed by atoms with Crippen LogP contribution in [0.15, 0.2) is 34.9 Å². The Labute approximate surface area is 139 Å². The summed E-state index contributed by atoms with van der Waals surface area (Å²) in [5.41, 5.74) is 1.94. The highest BCUT2D eigenvalue weighted by molar-refractivity contribution is 6.02. The Hall–Kier alpha value is -2.83. The second-order valence-electron chi connectivity index (χ2n) is 6.16. The molecule has 0 atom stereocenters. The molecule has 1 saturated heterocycles. The highest BCUT2D eigenvalue weighted by Gasteiger charge is 2.28. The molecule has 2 fully saturated rings. The van der Waals surface area contributed by atoms with Crippen LogP contribution in [0.5, 0.6) is 0 Å². The van der Waals surface area contributed by atoms with Crippen LogP contribution in [0.3, 0.4) is 0 Å². The third kappa shape index (κ3) is 3.10. The minimum Gasteiger partial charge on any atom is -0.360 e. The van der Waals surface area contributed by atoms with Gasteiger partial charge in [-0.15, -0.1) is 0 Å². The Morgan fingerprint density at radius 1 is 1.29 bits per heavy atom. The molecule has 2 heterocycles. The first kappa shape index (κ1) is 14.7. The van der Waals surface area contributed by atoms with E-state index in [9.17, 15) is 9.59 Å². The molecule has 1 aliphatic carbocycles. The summed E-state index contributed by atoms with van der Waals surface area (Å²) in [7, 11) is 0. The molecule has 2 amide bonds. The number of rotatable bonds is 4. The molecule has 1 aromatic carbocycles. The van der Waals surface area contributed by atoms with Crippen molar-refractivity contribution in [2.45, 2.75) is 18.8 Å². The molecule has 0 bridgehead atoms. The zero-order valence-electron chi connectivity index (χ0n) is 13.1. The lowest BCUT2D eigenvalue weighted by molar-refractivity contribution is -0.120. The minimum atomic E-state index is -0.282. The molecule has 1 aliphatic heterocycles. The molecule has 7 nitrogen and oxygen atoms in total. The third-order valence-electron chi connectivity index (χ3n) is 4.27. The number of nitrogens with zero attached hydrogens (tertiary/aromatic N) is 2. The van der Waals surface area contributed by atoms with Gasteiger partial charge < -0.3 is 20.1 Å². The molecule has 124 valence electrons. The van der Waals surface area contributed by atoms with Gasteiger partial charge in [-0.25, -0.2) is 0 Å². The van der Waals surface area contributed by atoms with Crippen molar-refractivity contribution in [3.8, 4) is 0 Å². The van der Waals surface area contributed by atoms with Gasteiger partial charge in [0.25, 0.3) is 5.91 Å². The predicted molar refractivity (Wildman–Crippen MR) is 88.1 cm³/mol. The van der Waals surface area contributed by atoms with Gasteiger partial charge in [-0.1, -0.05) is 5.16 Å². The van der Waals surface area contributed by atoms with Gasteiger partial charge in [-0.2, -0.15) is 0 Å². The number of hydrogen-bond acceptors (Lipinski definition) is 5. The summed E-state index contributed by atoms with van der Waals surface area (Å²) >= 11 is 0. The van der Waals surface area contributed by atoms with E-state index in [-0.39, 0.29) is 11.8 Å². The maximum atomic E-state index is 12.2. The summed E-state index contributed by atoms with van der Waals surface area (Å²) in [6.45, 7) is 1.78. The zero-order chi connectivity index (χ0) is 16.5. The van der Waals surface area contributed by atoms with Crippen molar-refractivity contribution in [2.24, 2.45) is 0 Å². The Kier molecular flexibility index (Phi) is 3.68. The van der Waals surface area contributed by atoms with Crippen LogP contribution in [0.4, 0.5) is 11.4 Å². The number of hydrogen-bond donors (Lipinski definition) is 2. The van der Waals surface area contributed by atoms with Crippen molar-refractivity contribution in [3.05, 3.63) is 41.8 Å². The second kappa shape index (κ2) is 5.99. The predicted octanol–water partition coefficient (Wildman–Crippen LogP) is 1.74. The van der Waals surface area contributed by atoms with E-state index in [1.807, 2.05) is 29.2 Å². The van der Waals surface area contributed by atoms with Crippen LogP contribution in [0.1, 0.15) is 35.0 Å². The zero-order valence-corrected chi connectivity index (χ0v) is 13.1. The molecule has 0 spiro atoms. The largest absolute Gasteiger partial charge is 0.360 e. The van der Waals surface area contributed by atoms with Crippen LogP contribution >= 0.6 is 0 Å². The average Bonchev–Trinajstić information content (AvgIpc) is 3.32. The van der Waals surface area contributed by atoms with E-state index in [0.29, 0.717) is 30.4 Å². The summed E-state index contributed by atoms with van der Waals surface area (Å²) in [5.74, 6) is 0.964. The van der Waals surface area contributed by atoms with Gasteiger partial charge in [0.05, 0.1) is 6.54 Å². The first-order valence-electron chi connectivity index (χ1n) is 8.09. The lowest BCUT2D eigenvalue weighted by atomic mass is 10.2. The topological polar surface area (TPSA) is 87.5 Å². The number of anilines is 2. The number of amides is 2. The van der Waals surface area contributed by atoms with Gasteiger partial charge in [0.1, 0.15) is 5.76 Å². The lowest BCUT2D eigenvalue weighted by Crippen LogP contribution is -2.47. The number of piperazine rings is 1. The molecule has 0 radical (unpaired) electrons. The van der Waals surface area contributed by atoms with E-state index in [2.05, 4.69) is 15.8 Å². The number of carbonyl (C=O) groups excluding carboxylic acids is 2. The normalized spacial score (nSPS) is 17.5. The van der Waals surface area contributed by atoms with Gasteiger partial charge in [0.2, 0.25) is 5.91 Å². The summed E-state index contributed by atoms with van der Waals surface area (Å²) in [6.07, 6.45) is 2.21. The average molecular weight is 326 g/mol. The summed E-state index contributed by atoms with van der Waals surface area (Å²) in [6, 6.07) is 9.15. The molecule has 2 aliphatic rings. The monoisotopic (exact) mass is 326 g/mol. The standard InChI is InChI=1S/C17H18N4O3/c22-16-10-21(8-7-18-16)13-5-3-12(4-6-13)19-17(23)14-9-15(24-20-14)11-1-2-11/h3-6,9,11H,1-2,7-8,10H2,(H,18,22)(H,19,23). The van der Waals surface area contributed by atoms with Crippen molar-refractivity contribution in [1.29, 1.82) is 0 Å². The highest BCUT2D eigenvalue weighted by Crippen LogP contribution is 2.40. The Bertz CT molecular complexity index is 764. The van der Waals surface area contributed by atoms with Gasteiger partial charge in [0, 0.05) is 36.4 Å². The summed E-state index contributed by atoms with van der Waals surface area (Å²) in [4.78, 5) is 25.7. The van der Waals surface area contributed by atoms with Crippen LogP contribution in [0.2, 0.25) is 0 Å². The van der Waals surface area contributed by atoms with E-state index >= 15 is 0 Å². The Balaban J connectivity index is 1.40. The van der Waals surface area contributed by atoms with E-state index in [0.717, 1.165) is 30.8 Å². The van der Waals surface area contributed by atoms with E-state index in [1.165, 1.54) is 0 Å². The lowest BCUT2D eigenvalue weighted by Gasteiger charge is -2.28. The smallest absolute Gasteiger partial charge is 0.277 e. The molecular weight excluding hydrogens is 308 g/mol. The first-order chi connectivity index (χ1) is 11.7. The number of benzene rings is 1. The quantitative estimate of drug-likeness (QED) is 0.893. The molecule has 1 aromatic heterocycles. The molecule has 4 rings (SSSR count). The minimum absolute atomic E-state index is 0.0242. The fraction of sp³-hybridized carbons (Fsp3) is 0.353. The number of carbonyl (C=O) groups is 2. The maximum Gasteiger partial charge on any atom is 0.277 e. The molecule has 7 heteroatoms. The van der Waals surface area contributed by atoms with Crippen molar-refractivity contribution in [3.63, 3.8) is 0 Å². The molecule has 1 saturated carbocycles. The van der Waals surface area contributed by atoms with Crippen LogP contribution < -0.4 is 15.5 Å². The van der Waals surface area contributed by atoms with E-state index in [1.54, 1.807) is 6.07 Å². The fourth-order valence-electron chi connectivity index (χ4n) is 2.77. The van der Waals surface area contributed by atoms with Crippen molar-refractivity contribution >= 4 is 23.2 Å². The van der Waals surface area contributed by atoms with Crippen molar-refractivity contribution < 1.29 is 14.1 Å². The third-order valence-corrected chi connectivity index (χ3v) is 4.27. The summed E-state index contributed by atoms with van der Waals surface area (Å²) in [5, 5.41) is 9.44. The van der Waals surface area contributed by atoms with Gasteiger partial charge in [-0.3, -0.25) is 9.59 Å². The highest BCUT2D eigenvalue weighted by atomic mass is 16.5. The Morgan fingerprint density at radius 2 is 2.08 bits per heavy atom. The number of aromatic nitrogens is 1. The molecular formula is C17H18N4O3. The van der Waals surface area contributed by atoms with Crippen molar-refractivity contribution in [1.82, 2.24) is 10.5 Å². The van der Waals surface area contributed by atoms with Gasteiger partial charge >= 0.3 is 0 Å². The second-order valence-corrected chi connectivity index (χ2v) is 6.16. The van der Waals surface area contributed by atoms with Crippen LogP contribution in [-0.4, -0.2) is 36.6 Å². The fourth-order valence-corrected chi connectivity index (χ4v) is 2.77. The molecule has 2 aromatic rings. The Morgan fingerprint density at radius 3 is 2.79 bits per heavy atom. The van der Waals surface area contributed by atoms with E-state index in [4.69, 9.17) is 4.52 Å². The van der Waals surface area contributed by atoms with E-state index < -0.39 is 0 Å². The van der Waals surface area contributed by atoms with Crippen LogP contribution in [-0.2, 0) is 4.79 Å². The van der Waals surface area contributed by atoms with Gasteiger partial charge in [-0.05, 0) is 37.1 Å². The maximum absolute atomic E-state index is 12.2. The van der Waals surface area contributed by atoms with Crippen LogP contribution in [0, 0.1) is 0 Å². The van der Waals surface area contributed by atoms with Crippen LogP contribution in [0.25, 0.3) is 0 Å². The molecule has 2 N–H and O–H groups in total. The van der Waals surface area contributed by atoms with Crippen molar-refractivity contribution in [2.75, 3.05) is 29.9 Å². The SMILES string of the molecule is O=C1CN(c2ccc(NC(=O)c3cc(C4CC4)on3)cc2)CCN1.